The first-order valence-corrected chi connectivity index (χ1v) is 6.18. The molecule has 0 saturated carbocycles. The molecule has 0 unspecified atom stereocenters. The highest BCUT2D eigenvalue weighted by Gasteiger charge is 2.31. The van der Waals surface area contributed by atoms with Gasteiger partial charge in [-0.2, -0.15) is 0 Å². The molecule has 0 aliphatic carbocycles. The summed E-state index contributed by atoms with van der Waals surface area (Å²) in [6, 6.07) is 11.0. The second-order valence-electron chi connectivity index (χ2n) is 5.25. The Kier molecular flexibility index (Phi) is 3.62. The molecular weight excluding hydrogens is 196 g/mol. The van der Waals surface area contributed by atoms with E-state index in [2.05, 4.69) is 49.1 Å². The quantitative estimate of drug-likeness (QED) is 0.842. The Morgan fingerprint density at radius 3 is 2.50 bits per heavy atom. The molecule has 16 heavy (non-hydrogen) atoms. The van der Waals surface area contributed by atoms with Gasteiger partial charge in [0.25, 0.3) is 0 Å². The second kappa shape index (κ2) is 4.98. The van der Waals surface area contributed by atoms with Gasteiger partial charge in [0, 0.05) is 25.7 Å². The fraction of sp³-hybridized carbons (Fsp3) is 0.571. The van der Waals surface area contributed by atoms with Crippen LogP contribution in [0.5, 0.6) is 0 Å². The maximum absolute atomic E-state index is 6.18. The molecule has 2 atom stereocenters. The maximum Gasteiger partial charge on any atom is 0.0234 e. The third-order valence-electron chi connectivity index (χ3n) is 3.59. The molecule has 0 bridgehead atoms. The lowest BCUT2D eigenvalue weighted by Crippen LogP contribution is -2.32. The fourth-order valence-electron chi connectivity index (χ4n) is 2.62. The van der Waals surface area contributed by atoms with Crippen molar-refractivity contribution in [3.8, 4) is 0 Å². The summed E-state index contributed by atoms with van der Waals surface area (Å²) in [5, 5.41) is 0. The highest BCUT2D eigenvalue weighted by Crippen LogP contribution is 2.24. The summed E-state index contributed by atoms with van der Waals surface area (Å²) in [5.41, 5.74) is 7.57. The van der Waals surface area contributed by atoms with Crippen LogP contribution in [-0.4, -0.2) is 24.0 Å². The molecule has 1 aliphatic rings. The Bertz CT molecular complexity index is 321. The van der Waals surface area contributed by atoms with Crippen molar-refractivity contribution in [2.45, 2.75) is 26.4 Å². The van der Waals surface area contributed by atoms with Crippen LogP contribution < -0.4 is 5.73 Å². The molecule has 1 aromatic rings. The van der Waals surface area contributed by atoms with Crippen molar-refractivity contribution in [3.05, 3.63) is 35.9 Å². The number of nitrogens with two attached hydrogens (primary N) is 1. The molecule has 88 valence electrons. The molecule has 2 rings (SSSR count). The first-order valence-electron chi connectivity index (χ1n) is 6.18. The topological polar surface area (TPSA) is 29.3 Å². The van der Waals surface area contributed by atoms with Gasteiger partial charge in [-0.15, -0.1) is 0 Å². The summed E-state index contributed by atoms with van der Waals surface area (Å²) in [4.78, 5) is 2.48. The monoisotopic (exact) mass is 218 g/mol. The highest BCUT2D eigenvalue weighted by molar-refractivity contribution is 5.14. The molecule has 2 heteroatoms. The Labute approximate surface area is 98.4 Å². The van der Waals surface area contributed by atoms with Gasteiger partial charge in [0.1, 0.15) is 0 Å². The molecule has 0 amide bonds. The predicted molar refractivity (Wildman–Crippen MR) is 68.0 cm³/mol. The van der Waals surface area contributed by atoms with E-state index >= 15 is 0 Å². The standard InChI is InChI=1S/C14H22N2/c1-11(2)13-9-16(10-14(13)15)8-12-6-4-3-5-7-12/h3-7,11,13-14H,8-10,15H2,1-2H3/t13-,14+/m0/s1. The Hall–Kier alpha value is -0.860. The average molecular weight is 218 g/mol. The first-order chi connectivity index (χ1) is 7.66. The van der Waals surface area contributed by atoms with Crippen molar-refractivity contribution in [1.29, 1.82) is 0 Å². The van der Waals surface area contributed by atoms with E-state index in [9.17, 15) is 0 Å². The molecule has 1 fully saturated rings. The van der Waals surface area contributed by atoms with Crippen LogP contribution in [-0.2, 0) is 6.54 Å². The number of nitrogens with zero attached hydrogens (tertiary/aromatic N) is 1. The summed E-state index contributed by atoms with van der Waals surface area (Å²) >= 11 is 0. The normalized spacial score (nSPS) is 26.5. The molecule has 2 N–H and O–H groups in total. The Morgan fingerprint density at radius 1 is 1.25 bits per heavy atom. The minimum atomic E-state index is 0.351. The number of hydrogen-bond donors (Lipinski definition) is 1. The molecule has 0 radical (unpaired) electrons. The van der Waals surface area contributed by atoms with E-state index in [1.165, 1.54) is 5.56 Å². The van der Waals surface area contributed by atoms with Crippen LogP contribution >= 0.6 is 0 Å². The molecular formula is C14H22N2. The van der Waals surface area contributed by atoms with E-state index < -0.39 is 0 Å². The van der Waals surface area contributed by atoms with Crippen LogP contribution in [0.2, 0.25) is 0 Å². The zero-order chi connectivity index (χ0) is 11.5. The highest BCUT2D eigenvalue weighted by atomic mass is 15.2. The van der Waals surface area contributed by atoms with E-state index in [0.29, 0.717) is 17.9 Å². The van der Waals surface area contributed by atoms with Crippen molar-refractivity contribution in [2.24, 2.45) is 17.6 Å². The largest absolute Gasteiger partial charge is 0.326 e. The fourth-order valence-corrected chi connectivity index (χ4v) is 2.62. The lowest BCUT2D eigenvalue weighted by atomic mass is 9.92. The van der Waals surface area contributed by atoms with Gasteiger partial charge in [-0.1, -0.05) is 44.2 Å². The van der Waals surface area contributed by atoms with E-state index in [1.54, 1.807) is 0 Å². The molecule has 0 aromatic heterocycles. The molecule has 1 aromatic carbocycles. The van der Waals surface area contributed by atoms with E-state index in [1.807, 2.05) is 0 Å². The third kappa shape index (κ3) is 2.63. The molecule has 0 spiro atoms. The van der Waals surface area contributed by atoms with E-state index in [-0.39, 0.29) is 0 Å². The number of hydrogen-bond acceptors (Lipinski definition) is 2. The number of benzene rings is 1. The van der Waals surface area contributed by atoms with Gasteiger partial charge in [-0.05, 0) is 17.4 Å². The third-order valence-corrected chi connectivity index (χ3v) is 3.59. The van der Waals surface area contributed by atoms with Crippen molar-refractivity contribution in [2.75, 3.05) is 13.1 Å². The smallest absolute Gasteiger partial charge is 0.0234 e. The summed E-state index contributed by atoms with van der Waals surface area (Å²) in [6.45, 7) is 7.77. The van der Waals surface area contributed by atoms with Gasteiger partial charge < -0.3 is 5.73 Å². The van der Waals surface area contributed by atoms with Gasteiger partial charge >= 0.3 is 0 Å². The zero-order valence-electron chi connectivity index (χ0n) is 10.3. The minimum absolute atomic E-state index is 0.351. The van der Waals surface area contributed by atoms with Crippen molar-refractivity contribution in [3.63, 3.8) is 0 Å². The molecule has 1 aliphatic heterocycles. The van der Waals surface area contributed by atoms with Gasteiger partial charge in [-0.25, -0.2) is 0 Å². The number of likely N-dealkylation sites (tertiary alicyclic amines) is 1. The van der Waals surface area contributed by atoms with Crippen LogP contribution in [0.3, 0.4) is 0 Å². The van der Waals surface area contributed by atoms with Crippen LogP contribution in [0.1, 0.15) is 19.4 Å². The van der Waals surface area contributed by atoms with Crippen molar-refractivity contribution >= 4 is 0 Å². The van der Waals surface area contributed by atoms with E-state index in [4.69, 9.17) is 5.73 Å². The summed E-state index contributed by atoms with van der Waals surface area (Å²) in [6.07, 6.45) is 0. The second-order valence-corrected chi connectivity index (χ2v) is 5.25. The van der Waals surface area contributed by atoms with Crippen LogP contribution in [0.4, 0.5) is 0 Å². The van der Waals surface area contributed by atoms with Gasteiger partial charge in [0.2, 0.25) is 0 Å². The number of rotatable bonds is 3. The Morgan fingerprint density at radius 2 is 1.94 bits per heavy atom. The van der Waals surface area contributed by atoms with Crippen LogP contribution in [0.25, 0.3) is 0 Å². The Balaban J connectivity index is 1.94. The molecule has 1 saturated heterocycles. The van der Waals surface area contributed by atoms with Crippen LogP contribution in [0.15, 0.2) is 30.3 Å². The molecule has 1 heterocycles. The predicted octanol–water partition coefficient (Wildman–Crippen LogP) is 2.10. The lowest BCUT2D eigenvalue weighted by Gasteiger charge is -2.18. The van der Waals surface area contributed by atoms with Gasteiger partial charge in [0.15, 0.2) is 0 Å². The van der Waals surface area contributed by atoms with Gasteiger partial charge in [-0.3, -0.25) is 4.90 Å². The zero-order valence-corrected chi connectivity index (χ0v) is 10.3. The maximum atomic E-state index is 6.18. The average Bonchev–Trinajstić information content (AvgIpc) is 2.61. The van der Waals surface area contributed by atoms with Crippen LogP contribution in [0, 0.1) is 11.8 Å². The SMILES string of the molecule is CC(C)[C@@H]1CN(Cc2ccccc2)C[C@H]1N. The summed E-state index contributed by atoms with van der Waals surface area (Å²) in [7, 11) is 0. The molecule has 2 nitrogen and oxygen atoms in total. The first kappa shape index (κ1) is 11.6. The lowest BCUT2D eigenvalue weighted by molar-refractivity contribution is 0.296. The van der Waals surface area contributed by atoms with E-state index in [0.717, 1.165) is 19.6 Å². The van der Waals surface area contributed by atoms with Crippen molar-refractivity contribution < 1.29 is 0 Å². The summed E-state index contributed by atoms with van der Waals surface area (Å²) < 4.78 is 0. The summed E-state index contributed by atoms with van der Waals surface area (Å²) in [5.74, 6) is 1.35. The minimum Gasteiger partial charge on any atom is -0.326 e. The van der Waals surface area contributed by atoms with Gasteiger partial charge in [0.05, 0.1) is 0 Å². The van der Waals surface area contributed by atoms with Crippen molar-refractivity contribution in [1.82, 2.24) is 4.90 Å².